The average molecular weight is 415 g/mol. The molecular weight excluding hydrogens is 394 g/mol. The summed E-state index contributed by atoms with van der Waals surface area (Å²) in [4.78, 5) is 15.4. The van der Waals surface area contributed by atoms with Crippen LogP contribution in [0.15, 0.2) is 53.4 Å². The normalized spacial score (nSPS) is 11.4. The molecular formula is C19H21N5O4S. The predicted molar refractivity (Wildman–Crippen MR) is 107 cm³/mol. The molecule has 152 valence electrons. The Labute approximate surface area is 168 Å². The van der Waals surface area contributed by atoms with Gasteiger partial charge >= 0.3 is 0 Å². The van der Waals surface area contributed by atoms with Crippen LogP contribution in [0.3, 0.4) is 0 Å². The first-order chi connectivity index (χ1) is 13.9. The highest BCUT2D eigenvalue weighted by Crippen LogP contribution is 2.23. The van der Waals surface area contributed by atoms with Crippen LogP contribution in [0.1, 0.15) is 18.6 Å². The predicted octanol–water partition coefficient (Wildman–Crippen LogP) is 2.05. The second-order valence-electron chi connectivity index (χ2n) is 6.24. The Morgan fingerprint density at radius 2 is 1.69 bits per heavy atom. The minimum atomic E-state index is -3.70. The number of aromatic nitrogens is 3. The summed E-state index contributed by atoms with van der Waals surface area (Å²) in [6, 6.07) is 13.8. The smallest absolute Gasteiger partial charge is 0.240 e. The molecule has 0 radical (unpaired) electrons. The van der Waals surface area contributed by atoms with Crippen LogP contribution in [0, 0.1) is 0 Å². The number of hydrogen-bond acceptors (Lipinski definition) is 6. The van der Waals surface area contributed by atoms with E-state index in [1.807, 2.05) is 12.1 Å². The zero-order valence-electron chi connectivity index (χ0n) is 16.0. The fourth-order valence-corrected chi connectivity index (χ4v) is 3.61. The van der Waals surface area contributed by atoms with E-state index in [1.54, 1.807) is 24.3 Å². The molecule has 3 rings (SSSR count). The maximum atomic E-state index is 12.5. The van der Waals surface area contributed by atoms with Gasteiger partial charge in [0.15, 0.2) is 11.6 Å². The number of carbonyl (C=O) groups is 1. The first-order valence-electron chi connectivity index (χ1n) is 8.74. The topological polar surface area (TPSA) is 126 Å². The van der Waals surface area contributed by atoms with Gasteiger partial charge in [-0.05, 0) is 35.4 Å². The van der Waals surface area contributed by atoms with Crippen molar-refractivity contribution in [2.45, 2.75) is 25.0 Å². The van der Waals surface area contributed by atoms with E-state index in [-0.39, 0.29) is 24.0 Å². The van der Waals surface area contributed by atoms with E-state index in [1.165, 1.54) is 26.2 Å². The molecule has 0 aliphatic heterocycles. The van der Waals surface area contributed by atoms with Crippen molar-refractivity contribution in [3.05, 3.63) is 60.2 Å². The molecule has 1 amide bonds. The molecule has 3 aromatic rings. The number of anilines is 1. The standard InChI is InChI=1S/C19H21N5O4S/c1-13(25)21-16-7-3-14(4-8-16)15-5-9-17(10-6-15)29(26,27)20-11-18-22-19(12-28-2)24-23-18/h3-10,20H,11-12H2,1-2H3,(H,21,25)(H,22,23,24). The number of amides is 1. The molecule has 2 aromatic carbocycles. The highest BCUT2D eigenvalue weighted by Gasteiger charge is 2.15. The number of rotatable bonds is 8. The summed E-state index contributed by atoms with van der Waals surface area (Å²) in [5.41, 5.74) is 2.46. The van der Waals surface area contributed by atoms with E-state index < -0.39 is 10.0 Å². The van der Waals surface area contributed by atoms with E-state index in [0.717, 1.165) is 11.1 Å². The minimum absolute atomic E-state index is 0.0328. The Hall–Kier alpha value is -3.08. The lowest BCUT2D eigenvalue weighted by Gasteiger charge is -2.08. The highest BCUT2D eigenvalue weighted by atomic mass is 32.2. The third kappa shape index (κ3) is 5.47. The van der Waals surface area contributed by atoms with Crippen molar-refractivity contribution >= 4 is 21.6 Å². The number of benzene rings is 2. The van der Waals surface area contributed by atoms with Crippen LogP contribution >= 0.6 is 0 Å². The molecule has 1 aromatic heterocycles. The van der Waals surface area contributed by atoms with Gasteiger partial charge in [-0.25, -0.2) is 18.1 Å². The van der Waals surface area contributed by atoms with Gasteiger partial charge in [0.05, 0.1) is 11.4 Å². The molecule has 0 aliphatic carbocycles. The lowest BCUT2D eigenvalue weighted by atomic mass is 10.1. The number of nitrogens with zero attached hydrogens (tertiary/aromatic N) is 2. The van der Waals surface area contributed by atoms with E-state index in [9.17, 15) is 13.2 Å². The van der Waals surface area contributed by atoms with Crippen LogP contribution in [0.2, 0.25) is 0 Å². The van der Waals surface area contributed by atoms with E-state index >= 15 is 0 Å². The molecule has 9 nitrogen and oxygen atoms in total. The van der Waals surface area contributed by atoms with Crippen molar-refractivity contribution in [3.8, 4) is 11.1 Å². The SMILES string of the molecule is COCc1nc(CNS(=O)(=O)c2ccc(-c3ccc(NC(C)=O)cc3)cc2)n[nH]1. The lowest BCUT2D eigenvalue weighted by molar-refractivity contribution is -0.114. The molecule has 0 fully saturated rings. The summed E-state index contributed by atoms with van der Waals surface area (Å²) in [6.45, 7) is 1.68. The number of carbonyl (C=O) groups excluding carboxylic acids is 1. The van der Waals surface area contributed by atoms with Crippen molar-refractivity contribution in [2.75, 3.05) is 12.4 Å². The lowest BCUT2D eigenvalue weighted by Crippen LogP contribution is -2.23. The van der Waals surface area contributed by atoms with Gasteiger partial charge in [0.2, 0.25) is 15.9 Å². The van der Waals surface area contributed by atoms with Gasteiger partial charge < -0.3 is 10.1 Å². The second kappa shape index (κ2) is 8.95. The number of aromatic amines is 1. The summed E-state index contributed by atoms with van der Waals surface area (Å²) in [6.07, 6.45) is 0. The number of hydrogen-bond donors (Lipinski definition) is 3. The molecule has 3 N–H and O–H groups in total. The maximum Gasteiger partial charge on any atom is 0.240 e. The molecule has 1 heterocycles. The third-order valence-electron chi connectivity index (χ3n) is 3.98. The van der Waals surface area contributed by atoms with Crippen LogP contribution in [-0.4, -0.2) is 36.6 Å². The zero-order valence-corrected chi connectivity index (χ0v) is 16.8. The molecule has 0 saturated carbocycles. The van der Waals surface area contributed by atoms with Gasteiger partial charge in [-0.1, -0.05) is 24.3 Å². The first kappa shape index (κ1) is 20.6. The number of ether oxygens (including phenoxy) is 1. The van der Waals surface area contributed by atoms with E-state index in [0.29, 0.717) is 17.3 Å². The zero-order chi connectivity index (χ0) is 20.9. The molecule has 0 spiro atoms. The molecule has 29 heavy (non-hydrogen) atoms. The van der Waals surface area contributed by atoms with Gasteiger partial charge in [0, 0.05) is 19.7 Å². The maximum absolute atomic E-state index is 12.5. The minimum Gasteiger partial charge on any atom is -0.377 e. The Kier molecular flexibility index (Phi) is 6.37. The van der Waals surface area contributed by atoms with Crippen LogP contribution in [0.5, 0.6) is 0 Å². The number of methoxy groups -OCH3 is 1. The van der Waals surface area contributed by atoms with Crippen molar-refractivity contribution in [1.29, 1.82) is 0 Å². The summed E-state index contributed by atoms with van der Waals surface area (Å²) in [7, 11) is -2.17. The second-order valence-corrected chi connectivity index (χ2v) is 8.01. The van der Waals surface area contributed by atoms with Crippen molar-refractivity contribution in [1.82, 2.24) is 19.9 Å². The Morgan fingerprint density at radius 3 is 2.28 bits per heavy atom. The molecule has 0 atom stereocenters. The Balaban J connectivity index is 1.67. The van der Waals surface area contributed by atoms with Crippen LogP contribution in [0.4, 0.5) is 5.69 Å². The summed E-state index contributed by atoms with van der Waals surface area (Å²) in [5.74, 6) is 0.715. The van der Waals surface area contributed by atoms with Gasteiger partial charge in [-0.2, -0.15) is 5.10 Å². The first-order valence-corrected chi connectivity index (χ1v) is 10.2. The molecule has 0 saturated heterocycles. The number of sulfonamides is 1. The van der Waals surface area contributed by atoms with E-state index in [4.69, 9.17) is 4.74 Å². The summed E-state index contributed by atoms with van der Waals surface area (Å²) in [5, 5.41) is 9.32. The fourth-order valence-electron chi connectivity index (χ4n) is 2.63. The van der Waals surface area contributed by atoms with Crippen molar-refractivity contribution in [3.63, 3.8) is 0 Å². The van der Waals surface area contributed by atoms with Crippen LogP contribution < -0.4 is 10.0 Å². The largest absolute Gasteiger partial charge is 0.377 e. The molecule has 10 heteroatoms. The monoisotopic (exact) mass is 415 g/mol. The van der Waals surface area contributed by atoms with Gasteiger partial charge in [-0.3, -0.25) is 9.89 Å². The highest BCUT2D eigenvalue weighted by molar-refractivity contribution is 7.89. The molecule has 0 unspecified atom stereocenters. The van der Waals surface area contributed by atoms with Crippen LogP contribution in [0.25, 0.3) is 11.1 Å². The van der Waals surface area contributed by atoms with Crippen LogP contribution in [-0.2, 0) is 32.7 Å². The van der Waals surface area contributed by atoms with Gasteiger partial charge in [0.25, 0.3) is 0 Å². The number of nitrogens with one attached hydrogen (secondary N) is 3. The summed E-state index contributed by atoms with van der Waals surface area (Å²) < 4.78 is 32.4. The molecule has 0 aliphatic rings. The average Bonchev–Trinajstić information content (AvgIpc) is 3.15. The Bertz CT molecular complexity index is 1080. The quantitative estimate of drug-likeness (QED) is 0.517. The van der Waals surface area contributed by atoms with E-state index in [2.05, 4.69) is 25.2 Å². The van der Waals surface area contributed by atoms with Gasteiger partial charge in [-0.15, -0.1) is 0 Å². The van der Waals surface area contributed by atoms with Gasteiger partial charge in [0.1, 0.15) is 6.61 Å². The number of H-pyrrole nitrogens is 1. The van der Waals surface area contributed by atoms with Crippen molar-refractivity contribution < 1.29 is 17.9 Å². The third-order valence-corrected chi connectivity index (χ3v) is 5.40. The molecule has 0 bridgehead atoms. The van der Waals surface area contributed by atoms with Crippen molar-refractivity contribution in [2.24, 2.45) is 0 Å². The summed E-state index contributed by atoms with van der Waals surface area (Å²) >= 11 is 0. The fraction of sp³-hybridized carbons (Fsp3) is 0.211. The Morgan fingerprint density at radius 1 is 1.07 bits per heavy atom.